The summed E-state index contributed by atoms with van der Waals surface area (Å²) in [5.74, 6) is 2.26. The molecule has 0 N–H and O–H groups in total. The Morgan fingerprint density at radius 1 is 1.12 bits per heavy atom. The van der Waals surface area contributed by atoms with E-state index in [1.807, 2.05) is 11.8 Å². The van der Waals surface area contributed by atoms with Gasteiger partial charge < -0.3 is 0 Å². The van der Waals surface area contributed by atoms with Crippen molar-refractivity contribution in [1.82, 2.24) is 0 Å². The zero-order valence-electron chi connectivity index (χ0n) is 9.80. The third-order valence-electron chi connectivity index (χ3n) is 2.96. The van der Waals surface area contributed by atoms with Gasteiger partial charge in [-0.15, -0.1) is 23.2 Å². The highest BCUT2D eigenvalue weighted by Gasteiger charge is 2.29. The van der Waals surface area contributed by atoms with E-state index in [0.29, 0.717) is 11.8 Å². The molecule has 0 saturated heterocycles. The van der Waals surface area contributed by atoms with Crippen LogP contribution in [0.15, 0.2) is 24.3 Å². The number of alkyl halides is 2. The van der Waals surface area contributed by atoms with Crippen LogP contribution >= 0.6 is 35.0 Å². The van der Waals surface area contributed by atoms with Crippen molar-refractivity contribution in [1.29, 1.82) is 0 Å². The second-order valence-electron chi connectivity index (χ2n) is 4.16. The smallest absolute Gasteiger partial charge is 0.0332 e. The minimum absolute atomic E-state index is 0.0696. The first-order valence-corrected chi connectivity index (χ1v) is 7.83. The Morgan fingerprint density at radius 3 is 2.12 bits per heavy atom. The van der Waals surface area contributed by atoms with E-state index in [4.69, 9.17) is 23.2 Å². The van der Waals surface area contributed by atoms with Crippen LogP contribution in [0.1, 0.15) is 17.5 Å². The maximum absolute atomic E-state index is 6.14. The van der Waals surface area contributed by atoms with E-state index in [0.717, 1.165) is 12.2 Å². The number of hydrogen-bond donors (Lipinski definition) is 0. The molecule has 3 heteroatoms. The van der Waals surface area contributed by atoms with E-state index in [-0.39, 0.29) is 5.41 Å². The number of hydrogen-bond acceptors (Lipinski definition) is 1. The van der Waals surface area contributed by atoms with Crippen molar-refractivity contribution in [2.75, 3.05) is 23.8 Å². The predicted molar refractivity (Wildman–Crippen MR) is 77.3 cm³/mol. The van der Waals surface area contributed by atoms with Gasteiger partial charge in [-0.05, 0) is 30.9 Å². The molecule has 1 rings (SSSR count). The first-order valence-electron chi connectivity index (χ1n) is 5.36. The summed E-state index contributed by atoms with van der Waals surface area (Å²) in [5.41, 5.74) is 2.46. The zero-order valence-corrected chi connectivity index (χ0v) is 12.1. The Balaban J connectivity index is 2.95. The van der Waals surface area contributed by atoms with Gasteiger partial charge in [0.25, 0.3) is 0 Å². The molecule has 0 spiro atoms. The topological polar surface area (TPSA) is 0 Å². The summed E-state index contributed by atoms with van der Waals surface area (Å²) < 4.78 is 0. The Hall–Kier alpha value is 0.150. The molecule has 0 heterocycles. The highest BCUT2D eigenvalue weighted by atomic mass is 35.5. The minimum Gasteiger partial charge on any atom is -0.165 e. The quantitative estimate of drug-likeness (QED) is 0.692. The molecule has 16 heavy (non-hydrogen) atoms. The van der Waals surface area contributed by atoms with Crippen LogP contribution < -0.4 is 0 Å². The number of halogens is 2. The molecular weight excluding hydrogens is 259 g/mol. The average molecular weight is 277 g/mol. The fraction of sp³-hybridized carbons (Fsp3) is 0.538. The summed E-state index contributed by atoms with van der Waals surface area (Å²) >= 11 is 14.1. The van der Waals surface area contributed by atoms with Crippen LogP contribution in [0.3, 0.4) is 0 Å². The van der Waals surface area contributed by atoms with Crippen molar-refractivity contribution in [3.63, 3.8) is 0 Å². The Labute approximate surface area is 113 Å². The van der Waals surface area contributed by atoms with Gasteiger partial charge in [0, 0.05) is 17.2 Å². The lowest BCUT2D eigenvalue weighted by Crippen LogP contribution is -2.31. The summed E-state index contributed by atoms with van der Waals surface area (Å²) in [4.78, 5) is 0. The molecule has 0 amide bonds. The first-order chi connectivity index (χ1) is 7.68. The maximum atomic E-state index is 6.14. The Bertz CT molecular complexity index is 304. The lowest BCUT2D eigenvalue weighted by Gasteiger charge is -2.30. The Morgan fingerprint density at radius 2 is 1.69 bits per heavy atom. The molecule has 0 aliphatic carbocycles. The van der Waals surface area contributed by atoms with Gasteiger partial charge in [0.1, 0.15) is 0 Å². The molecule has 0 unspecified atom stereocenters. The molecule has 0 bridgehead atoms. The van der Waals surface area contributed by atoms with E-state index in [9.17, 15) is 0 Å². The fourth-order valence-corrected chi connectivity index (χ4v) is 3.13. The molecule has 90 valence electrons. The Kier molecular flexibility index (Phi) is 6.02. The third kappa shape index (κ3) is 3.32. The lowest BCUT2D eigenvalue weighted by atomic mass is 9.81. The van der Waals surface area contributed by atoms with E-state index >= 15 is 0 Å². The van der Waals surface area contributed by atoms with Crippen LogP contribution in [0.5, 0.6) is 0 Å². The largest absolute Gasteiger partial charge is 0.165 e. The molecule has 0 nitrogen and oxygen atoms in total. The molecular formula is C13H18Cl2S. The molecule has 0 saturated carbocycles. The summed E-state index contributed by atoms with van der Waals surface area (Å²) in [7, 11) is 0. The van der Waals surface area contributed by atoms with Gasteiger partial charge in [0.15, 0.2) is 0 Å². The number of aryl methyl sites for hydroxylation is 1. The van der Waals surface area contributed by atoms with Crippen LogP contribution in [0.25, 0.3) is 0 Å². The van der Waals surface area contributed by atoms with E-state index in [1.165, 1.54) is 11.1 Å². The van der Waals surface area contributed by atoms with Crippen molar-refractivity contribution in [3.05, 3.63) is 35.4 Å². The van der Waals surface area contributed by atoms with E-state index in [1.54, 1.807) is 0 Å². The van der Waals surface area contributed by atoms with Gasteiger partial charge in [-0.25, -0.2) is 0 Å². The summed E-state index contributed by atoms with van der Waals surface area (Å²) in [6.45, 7) is 2.09. The van der Waals surface area contributed by atoms with Crippen LogP contribution in [0, 0.1) is 6.92 Å². The van der Waals surface area contributed by atoms with Crippen molar-refractivity contribution < 1.29 is 0 Å². The first kappa shape index (κ1) is 14.2. The summed E-state index contributed by atoms with van der Waals surface area (Å²) in [6.07, 6.45) is 3.15. The van der Waals surface area contributed by atoms with Gasteiger partial charge in [-0.3, -0.25) is 0 Å². The molecule has 1 aromatic carbocycles. The van der Waals surface area contributed by atoms with E-state index in [2.05, 4.69) is 37.4 Å². The molecule has 0 radical (unpaired) electrons. The molecule has 0 atom stereocenters. The van der Waals surface area contributed by atoms with Gasteiger partial charge in [-0.2, -0.15) is 11.8 Å². The van der Waals surface area contributed by atoms with Crippen molar-refractivity contribution in [3.8, 4) is 0 Å². The third-order valence-corrected chi connectivity index (χ3v) is 4.60. The molecule has 0 aromatic heterocycles. The molecule has 0 fully saturated rings. The highest BCUT2D eigenvalue weighted by molar-refractivity contribution is 7.98. The normalized spacial score (nSPS) is 11.8. The molecule has 0 aliphatic heterocycles. The molecule has 1 aromatic rings. The standard InChI is InChI=1S/C13H18Cl2S/c1-11-3-5-12(6-4-11)13(9-14,10-15)7-8-16-2/h3-6H,7-10H2,1-2H3. The lowest BCUT2D eigenvalue weighted by molar-refractivity contribution is 0.524. The maximum Gasteiger partial charge on any atom is 0.0332 e. The number of rotatable bonds is 6. The van der Waals surface area contributed by atoms with E-state index < -0.39 is 0 Å². The van der Waals surface area contributed by atoms with Gasteiger partial charge >= 0.3 is 0 Å². The average Bonchev–Trinajstić information content (AvgIpc) is 2.33. The van der Waals surface area contributed by atoms with Crippen molar-refractivity contribution in [2.24, 2.45) is 0 Å². The van der Waals surface area contributed by atoms with Gasteiger partial charge in [0.05, 0.1) is 0 Å². The zero-order chi connectivity index (χ0) is 12.0. The fourth-order valence-electron chi connectivity index (χ4n) is 1.67. The number of benzene rings is 1. The summed E-state index contributed by atoms with van der Waals surface area (Å²) in [5, 5.41) is 0. The van der Waals surface area contributed by atoms with Crippen molar-refractivity contribution >= 4 is 35.0 Å². The second-order valence-corrected chi connectivity index (χ2v) is 5.68. The van der Waals surface area contributed by atoms with Crippen LogP contribution in [0.4, 0.5) is 0 Å². The van der Waals surface area contributed by atoms with Crippen LogP contribution in [0.2, 0.25) is 0 Å². The SMILES string of the molecule is CSCCC(CCl)(CCl)c1ccc(C)cc1. The van der Waals surface area contributed by atoms with Gasteiger partial charge in [-0.1, -0.05) is 29.8 Å². The van der Waals surface area contributed by atoms with Crippen LogP contribution in [-0.2, 0) is 5.41 Å². The monoisotopic (exact) mass is 276 g/mol. The molecule has 0 aliphatic rings. The van der Waals surface area contributed by atoms with Gasteiger partial charge in [0.2, 0.25) is 0 Å². The predicted octanol–water partition coefficient (Wildman–Crippen LogP) is 4.46. The number of thioether (sulfide) groups is 1. The van der Waals surface area contributed by atoms with Crippen LogP contribution in [-0.4, -0.2) is 23.8 Å². The second kappa shape index (κ2) is 6.78. The minimum atomic E-state index is -0.0696. The van der Waals surface area contributed by atoms with Crippen molar-refractivity contribution in [2.45, 2.75) is 18.8 Å². The highest BCUT2D eigenvalue weighted by Crippen LogP contribution is 2.32. The summed E-state index contributed by atoms with van der Waals surface area (Å²) in [6, 6.07) is 8.56.